The number of benzene rings is 1. The van der Waals surface area contributed by atoms with E-state index in [-0.39, 0.29) is 11.7 Å². The molecule has 0 N–H and O–H groups in total. The molecule has 3 nitrogen and oxygen atoms in total. The van der Waals surface area contributed by atoms with Crippen LogP contribution in [0.5, 0.6) is 0 Å². The summed E-state index contributed by atoms with van der Waals surface area (Å²) in [6, 6.07) is 8.54. The minimum Gasteiger partial charge on any atom is -0.394 e. The van der Waals surface area contributed by atoms with Gasteiger partial charge in [0.05, 0.1) is 0 Å². The summed E-state index contributed by atoms with van der Waals surface area (Å²) < 4.78 is 15.1. The Labute approximate surface area is 152 Å². The fourth-order valence-corrected chi connectivity index (χ4v) is 4.51. The highest BCUT2D eigenvalue weighted by Gasteiger charge is 2.30. The Bertz CT molecular complexity index is 624. The van der Waals surface area contributed by atoms with Gasteiger partial charge in [-0.2, -0.15) is 0 Å². The van der Waals surface area contributed by atoms with Crippen molar-refractivity contribution in [1.82, 2.24) is 4.57 Å². The second kappa shape index (κ2) is 8.62. The van der Waals surface area contributed by atoms with E-state index < -0.39 is 0 Å². The predicted octanol–water partition coefficient (Wildman–Crippen LogP) is 4.90. The summed E-state index contributed by atoms with van der Waals surface area (Å²) in [4.78, 5) is 0. The first-order valence-corrected chi connectivity index (χ1v) is 11.5. The van der Waals surface area contributed by atoms with Crippen LogP contribution >= 0.6 is 15.9 Å². The Balaban J connectivity index is 1.98. The molecule has 4 radical (unpaired) electrons. The molecule has 0 saturated heterocycles. The summed E-state index contributed by atoms with van der Waals surface area (Å²) in [6.45, 7) is 9.59. The molecule has 2 rings (SSSR count). The molecule has 0 aliphatic heterocycles. The molecular formula is C17H24BrNO2Si2. The second-order valence-electron chi connectivity index (χ2n) is 6.25. The summed E-state index contributed by atoms with van der Waals surface area (Å²) in [5.74, 6) is 0. The van der Waals surface area contributed by atoms with E-state index in [1.165, 1.54) is 10.9 Å². The van der Waals surface area contributed by atoms with E-state index >= 15 is 0 Å². The van der Waals surface area contributed by atoms with Crippen LogP contribution in [0.15, 0.2) is 34.9 Å². The Hall–Kier alpha value is -0.406. The first-order valence-electron chi connectivity index (χ1n) is 7.87. The van der Waals surface area contributed by atoms with Crippen molar-refractivity contribution in [2.24, 2.45) is 5.41 Å². The van der Waals surface area contributed by atoms with E-state index in [4.69, 9.17) is 8.85 Å². The highest BCUT2D eigenvalue weighted by Crippen LogP contribution is 2.31. The maximum absolute atomic E-state index is 5.82. The summed E-state index contributed by atoms with van der Waals surface area (Å²) in [6.07, 6.45) is 4.24. The normalized spacial score (nSPS) is 12.4. The molecule has 1 aromatic carbocycles. The topological polar surface area (TPSA) is 23.4 Å². The average molecular weight is 410 g/mol. The lowest BCUT2D eigenvalue weighted by atomic mass is 9.87. The molecule has 0 bridgehead atoms. The fourth-order valence-electron chi connectivity index (χ4n) is 2.76. The molecular weight excluding hydrogens is 386 g/mol. The van der Waals surface area contributed by atoms with Crippen molar-refractivity contribution in [3.8, 4) is 0 Å². The van der Waals surface area contributed by atoms with Gasteiger partial charge < -0.3 is 13.4 Å². The number of halogens is 1. The number of aromatic nitrogens is 1. The van der Waals surface area contributed by atoms with Gasteiger partial charge in [-0.25, -0.2) is 0 Å². The number of hydrogen-bond donors (Lipinski definition) is 0. The maximum Gasteiger partial charge on any atom is 0.229 e. The second-order valence-corrected chi connectivity index (χ2v) is 8.39. The summed E-state index contributed by atoms with van der Waals surface area (Å²) in [7, 11) is 0.918. The van der Waals surface area contributed by atoms with Gasteiger partial charge in [0.25, 0.3) is 0 Å². The molecule has 23 heavy (non-hydrogen) atoms. The molecule has 0 saturated carbocycles. The smallest absolute Gasteiger partial charge is 0.229 e. The van der Waals surface area contributed by atoms with Crippen molar-refractivity contribution in [3.63, 3.8) is 0 Å². The minimum absolute atomic E-state index is 0.0234. The zero-order valence-corrected chi connectivity index (χ0v) is 17.8. The number of hydrogen-bond acceptors (Lipinski definition) is 2. The van der Waals surface area contributed by atoms with Gasteiger partial charge in [-0.05, 0) is 44.1 Å². The van der Waals surface area contributed by atoms with Crippen LogP contribution in [-0.4, -0.2) is 30.4 Å². The van der Waals surface area contributed by atoms with Gasteiger partial charge in [-0.15, -0.1) is 0 Å². The molecule has 2 aromatic rings. The molecule has 0 fully saturated rings. The number of fused-ring (bicyclic) bond motifs is 1. The average Bonchev–Trinajstić information content (AvgIpc) is 2.92. The van der Waals surface area contributed by atoms with Crippen LogP contribution in [0.25, 0.3) is 10.9 Å². The molecule has 1 aromatic heterocycles. The van der Waals surface area contributed by atoms with Gasteiger partial charge in [0.2, 0.25) is 19.5 Å². The van der Waals surface area contributed by atoms with E-state index in [9.17, 15) is 0 Å². The molecule has 6 heteroatoms. The van der Waals surface area contributed by atoms with Gasteiger partial charge in [-0.1, -0.05) is 35.8 Å². The van der Waals surface area contributed by atoms with Gasteiger partial charge in [0.1, 0.15) is 6.29 Å². The molecule has 0 unspecified atom stereocenters. The van der Waals surface area contributed by atoms with Crippen molar-refractivity contribution >= 4 is 46.4 Å². The third-order valence-corrected chi connectivity index (χ3v) is 5.66. The van der Waals surface area contributed by atoms with E-state index in [1.807, 2.05) is 0 Å². The third kappa shape index (κ3) is 4.79. The molecule has 1 heterocycles. The monoisotopic (exact) mass is 409 g/mol. The third-order valence-electron chi connectivity index (χ3n) is 4.07. The zero-order chi connectivity index (χ0) is 16.9. The van der Waals surface area contributed by atoms with Crippen molar-refractivity contribution in [1.29, 1.82) is 0 Å². The highest BCUT2D eigenvalue weighted by molar-refractivity contribution is 9.10. The van der Waals surface area contributed by atoms with Crippen LogP contribution in [0.4, 0.5) is 0 Å². The fraction of sp³-hybridized carbons (Fsp3) is 0.529. The van der Waals surface area contributed by atoms with E-state index in [2.05, 4.69) is 77.9 Å². The summed E-state index contributed by atoms with van der Waals surface area (Å²) in [5, 5.41) is 1.27. The lowest BCUT2D eigenvalue weighted by molar-refractivity contribution is -0.0828. The number of aryl methyl sites for hydroxylation is 1. The summed E-state index contributed by atoms with van der Waals surface area (Å²) >= 11 is 3.62. The SMILES string of the molecule is C[Si]OC(O[Si]C)C(C)(C)CCCn1ccc2c(Br)cccc21. The molecule has 0 aliphatic carbocycles. The Morgan fingerprint density at radius 1 is 1.17 bits per heavy atom. The van der Waals surface area contributed by atoms with Crippen LogP contribution in [0.2, 0.25) is 13.1 Å². The van der Waals surface area contributed by atoms with E-state index in [1.54, 1.807) is 0 Å². The van der Waals surface area contributed by atoms with Gasteiger partial charge >= 0.3 is 0 Å². The summed E-state index contributed by atoms with van der Waals surface area (Å²) in [5.41, 5.74) is 1.31. The molecule has 124 valence electrons. The van der Waals surface area contributed by atoms with Crippen molar-refractivity contribution in [2.45, 2.75) is 52.6 Å². The predicted molar refractivity (Wildman–Crippen MR) is 102 cm³/mol. The standard InChI is InChI=1S/C17H24BrNO2Si2/c1-17(2,16(20-22-3)21-23-4)10-6-11-19-12-9-13-14(18)7-5-8-15(13)19/h5,7-9,12,16H,6,10-11H2,1-4H3. The molecule has 0 amide bonds. The highest BCUT2D eigenvalue weighted by atomic mass is 79.9. The van der Waals surface area contributed by atoms with Crippen LogP contribution in [0.1, 0.15) is 26.7 Å². The largest absolute Gasteiger partial charge is 0.394 e. The van der Waals surface area contributed by atoms with Crippen molar-refractivity contribution < 1.29 is 8.85 Å². The first kappa shape index (κ1) is 18.9. The van der Waals surface area contributed by atoms with Crippen LogP contribution in [0.3, 0.4) is 0 Å². The lowest BCUT2D eigenvalue weighted by Gasteiger charge is -2.34. The Morgan fingerprint density at radius 3 is 2.52 bits per heavy atom. The van der Waals surface area contributed by atoms with Crippen molar-refractivity contribution in [3.05, 3.63) is 34.9 Å². The van der Waals surface area contributed by atoms with Crippen LogP contribution < -0.4 is 0 Å². The van der Waals surface area contributed by atoms with E-state index in [0.717, 1.165) is 23.9 Å². The molecule has 0 spiro atoms. The van der Waals surface area contributed by atoms with Crippen molar-refractivity contribution in [2.75, 3.05) is 0 Å². The van der Waals surface area contributed by atoms with Gasteiger partial charge in [0, 0.05) is 33.5 Å². The molecule has 0 atom stereocenters. The number of nitrogens with zero attached hydrogens (tertiary/aromatic N) is 1. The van der Waals surface area contributed by atoms with E-state index in [0.29, 0.717) is 19.5 Å². The lowest BCUT2D eigenvalue weighted by Crippen LogP contribution is -2.36. The number of rotatable bonds is 9. The maximum atomic E-state index is 5.82. The van der Waals surface area contributed by atoms with Crippen LogP contribution in [-0.2, 0) is 15.4 Å². The zero-order valence-electron chi connectivity index (χ0n) is 14.2. The minimum atomic E-state index is -0.107. The quantitative estimate of drug-likeness (QED) is 0.433. The van der Waals surface area contributed by atoms with Gasteiger partial charge in [-0.3, -0.25) is 0 Å². The van der Waals surface area contributed by atoms with Gasteiger partial charge in [0.15, 0.2) is 0 Å². The van der Waals surface area contributed by atoms with Crippen LogP contribution in [0, 0.1) is 5.41 Å². The Kier molecular flexibility index (Phi) is 7.09. The molecule has 0 aliphatic rings. The first-order chi connectivity index (χ1) is 11.0. The Morgan fingerprint density at radius 2 is 1.87 bits per heavy atom.